The van der Waals surface area contributed by atoms with Crippen molar-refractivity contribution in [3.05, 3.63) is 0 Å². The third-order valence-corrected chi connectivity index (χ3v) is 2.09. The summed E-state index contributed by atoms with van der Waals surface area (Å²) < 4.78 is 4.54. The van der Waals surface area contributed by atoms with E-state index in [1.807, 2.05) is 0 Å². The first-order valence-electron chi connectivity index (χ1n) is 3.61. The third-order valence-electron chi connectivity index (χ3n) is 2.09. The summed E-state index contributed by atoms with van der Waals surface area (Å²) >= 11 is 0. The monoisotopic (exact) mass is 159 g/mol. The van der Waals surface area contributed by atoms with Gasteiger partial charge in [0.15, 0.2) is 0 Å². The Kier molecular flexibility index (Phi) is 2.46. The highest BCUT2D eigenvalue weighted by Crippen LogP contribution is 2.48. The van der Waals surface area contributed by atoms with Crippen LogP contribution in [0.5, 0.6) is 0 Å². The number of carbonyl (C=O) groups excluding carboxylic acids is 1. The molecular formula is C7H13NO3. The van der Waals surface area contributed by atoms with Gasteiger partial charge in [0, 0.05) is 5.41 Å². The van der Waals surface area contributed by atoms with Crippen LogP contribution in [0.15, 0.2) is 0 Å². The molecule has 0 atom stereocenters. The van der Waals surface area contributed by atoms with Gasteiger partial charge in [-0.1, -0.05) is 0 Å². The fourth-order valence-corrected chi connectivity index (χ4v) is 1.10. The van der Waals surface area contributed by atoms with Crippen LogP contribution in [0.2, 0.25) is 0 Å². The van der Waals surface area contributed by atoms with Crippen molar-refractivity contribution in [1.29, 1.82) is 0 Å². The van der Waals surface area contributed by atoms with Crippen LogP contribution < -0.4 is 5.90 Å². The number of nitrogens with two attached hydrogens (primary N) is 1. The molecule has 0 heterocycles. The van der Waals surface area contributed by atoms with Crippen molar-refractivity contribution in [2.24, 2.45) is 11.3 Å². The molecule has 0 saturated heterocycles. The molecule has 0 aromatic rings. The topological polar surface area (TPSA) is 61.5 Å². The second-order valence-corrected chi connectivity index (χ2v) is 3.06. The third kappa shape index (κ3) is 2.17. The highest BCUT2D eigenvalue weighted by atomic mass is 16.6. The van der Waals surface area contributed by atoms with Crippen molar-refractivity contribution < 1.29 is 14.4 Å². The normalized spacial score (nSPS) is 19.5. The lowest BCUT2D eigenvalue weighted by Crippen LogP contribution is -2.18. The van der Waals surface area contributed by atoms with Gasteiger partial charge in [0.05, 0.1) is 20.1 Å². The maximum absolute atomic E-state index is 10.8. The molecule has 1 aliphatic carbocycles. The molecule has 2 N–H and O–H groups in total. The van der Waals surface area contributed by atoms with E-state index in [1.165, 1.54) is 7.11 Å². The van der Waals surface area contributed by atoms with Crippen LogP contribution in [0.25, 0.3) is 0 Å². The molecule has 1 fully saturated rings. The average molecular weight is 159 g/mol. The fraction of sp³-hybridized carbons (Fsp3) is 0.857. The molecule has 1 saturated carbocycles. The quantitative estimate of drug-likeness (QED) is 0.471. The number of ether oxygens (including phenoxy) is 1. The molecule has 0 spiro atoms. The van der Waals surface area contributed by atoms with E-state index in [1.54, 1.807) is 0 Å². The van der Waals surface area contributed by atoms with E-state index in [4.69, 9.17) is 5.90 Å². The smallest absolute Gasteiger partial charge is 0.306 e. The molecule has 64 valence electrons. The minimum Gasteiger partial charge on any atom is -0.469 e. The van der Waals surface area contributed by atoms with Crippen LogP contribution in [-0.2, 0) is 14.4 Å². The Morgan fingerprint density at radius 3 is 2.64 bits per heavy atom. The zero-order valence-electron chi connectivity index (χ0n) is 6.63. The van der Waals surface area contributed by atoms with Crippen molar-refractivity contribution in [1.82, 2.24) is 0 Å². The number of methoxy groups -OCH3 is 1. The largest absolute Gasteiger partial charge is 0.469 e. The molecular weight excluding hydrogens is 146 g/mol. The maximum atomic E-state index is 10.8. The van der Waals surface area contributed by atoms with Crippen LogP contribution in [0, 0.1) is 5.41 Å². The van der Waals surface area contributed by atoms with Gasteiger partial charge in [-0.05, 0) is 12.8 Å². The molecule has 0 radical (unpaired) electrons. The van der Waals surface area contributed by atoms with E-state index in [0.717, 1.165) is 12.8 Å². The van der Waals surface area contributed by atoms with Gasteiger partial charge < -0.3 is 9.57 Å². The minimum absolute atomic E-state index is 0.00183. The van der Waals surface area contributed by atoms with Crippen LogP contribution in [0.4, 0.5) is 0 Å². The van der Waals surface area contributed by atoms with Crippen molar-refractivity contribution in [3.63, 3.8) is 0 Å². The Hall–Kier alpha value is -0.610. The van der Waals surface area contributed by atoms with Crippen LogP contribution >= 0.6 is 0 Å². The molecule has 0 aromatic carbocycles. The lowest BCUT2D eigenvalue weighted by Gasteiger charge is -2.10. The maximum Gasteiger partial charge on any atom is 0.306 e. The average Bonchev–Trinajstić information content (AvgIpc) is 2.70. The van der Waals surface area contributed by atoms with Gasteiger partial charge in [-0.15, -0.1) is 0 Å². The van der Waals surface area contributed by atoms with Gasteiger partial charge in [-0.3, -0.25) is 4.79 Å². The summed E-state index contributed by atoms with van der Waals surface area (Å²) in [5, 5.41) is 0. The first-order chi connectivity index (χ1) is 5.22. The Bertz CT molecular complexity index is 154. The van der Waals surface area contributed by atoms with Crippen molar-refractivity contribution in [3.8, 4) is 0 Å². The molecule has 0 unspecified atom stereocenters. The van der Waals surface area contributed by atoms with E-state index in [9.17, 15) is 4.79 Å². The van der Waals surface area contributed by atoms with Crippen molar-refractivity contribution in [2.45, 2.75) is 19.3 Å². The van der Waals surface area contributed by atoms with E-state index in [-0.39, 0.29) is 11.4 Å². The van der Waals surface area contributed by atoms with Gasteiger partial charge in [0.1, 0.15) is 0 Å². The highest BCUT2D eigenvalue weighted by Gasteiger charge is 2.44. The van der Waals surface area contributed by atoms with Gasteiger partial charge in [0.2, 0.25) is 0 Å². The predicted molar refractivity (Wildman–Crippen MR) is 38.4 cm³/mol. The van der Waals surface area contributed by atoms with Crippen LogP contribution in [-0.4, -0.2) is 19.7 Å². The Balaban J connectivity index is 2.29. The molecule has 4 heteroatoms. The summed E-state index contributed by atoms with van der Waals surface area (Å²) in [5.74, 6) is 4.74. The van der Waals surface area contributed by atoms with Gasteiger partial charge in [0.25, 0.3) is 0 Å². The molecule has 11 heavy (non-hydrogen) atoms. The molecule has 1 aliphatic rings. The Morgan fingerprint density at radius 1 is 1.64 bits per heavy atom. The number of carbonyl (C=O) groups is 1. The number of esters is 1. The molecule has 0 aliphatic heterocycles. The number of hydrogen-bond acceptors (Lipinski definition) is 4. The molecule has 0 bridgehead atoms. The van der Waals surface area contributed by atoms with Gasteiger partial charge in [-0.2, -0.15) is 0 Å². The fourth-order valence-electron chi connectivity index (χ4n) is 1.10. The van der Waals surface area contributed by atoms with Gasteiger partial charge >= 0.3 is 5.97 Å². The first-order valence-corrected chi connectivity index (χ1v) is 3.61. The summed E-state index contributed by atoms with van der Waals surface area (Å²) in [6.45, 7) is 0.460. The second-order valence-electron chi connectivity index (χ2n) is 3.06. The molecule has 1 rings (SSSR count). The second kappa shape index (κ2) is 3.19. The van der Waals surface area contributed by atoms with E-state index < -0.39 is 0 Å². The standard InChI is InChI=1S/C7H13NO3/c1-10-6(9)4-7(2-3-7)5-11-8/h2-5,8H2,1H3. The molecule has 4 nitrogen and oxygen atoms in total. The highest BCUT2D eigenvalue weighted by molar-refractivity contribution is 5.70. The number of hydrogen-bond donors (Lipinski definition) is 1. The summed E-state index contributed by atoms with van der Waals surface area (Å²) in [5.41, 5.74) is 0.00183. The predicted octanol–water partition coefficient (Wildman–Crippen LogP) is 0.220. The van der Waals surface area contributed by atoms with Crippen molar-refractivity contribution >= 4 is 5.97 Å². The van der Waals surface area contributed by atoms with E-state index in [2.05, 4.69) is 9.57 Å². The van der Waals surface area contributed by atoms with E-state index >= 15 is 0 Å². The lowest BCUT2D eigenvalue weighted by molar-refractivity contribution is -0.142. The lowest BCUT2D eigenvalue weighted by atomic mass is 10.0. The zero-order valence-corrected chi connectivity index (χ0v) is 6.63. The summed E-state index contributed by atoms with van der Waals surface area (Å²) in [6, 6.07) is 0. The summed E-state index contributed by atoms with van der Waals surface area (Å²) in [4.78, 5) is 15.3. The van der Waals surface area contributed by atoms with Crippen LogP contribution in [0.1, 0.15) is 19.3 Å². The Morgan fingerprint density at radius 2 is 2.27 bits per heavy atom. The number of rotatable bonds is 4. The molecule has 0 amide bonds. The zero-order chi connectivity index (χ0) is 8.32. The SMILES string of the molecule is COC(=O)CC1(CON)CC1. The molecule has 0 aromatic heterocycles. The Labute approximate surface area is 65.6 Å². The summed E-state index contributed by atoms with van der Waals surface area (Å²) in [7, 11) is 1.39. The minimum atomic E-state index is -0.181. The summed E-state index contributed by atoms with van der Waals surface area (Å²) in [6.07, 6.45) is 2.46. The first kappa shape index (κ1) is 8.49. The van der Waals surface area contributed by atoms with Gasteiger partial charge in [-0.25, -0.2) is 5.90 Å². The van der Waals surface area contributed by atoms with Crippen LogP contribution in [0.3, 0.4) is 0 Å². The van der Waals surface area contributed by atoms with Crippen molar-refractivity contribution in [2.75, 3.05) is 13.7 Å². The van der Waals surface area contributed by atoms with E-state index in [0.29, 0.717) is 13.0 Å².